The summed E-state index contributed by atoms with van der Waals surface area (Å²) in [6.07, 6.45) is -1.91. The Morgan fingerprint density at radius 2 is 1.05 bits per heavy atom. The molecule has 1 aliphatic carbocycles. The van der Waals surface area contributed by atoms with Crippen molar-refractivity contribution in [2.45, 2.75) is 87.6 Å². The predicted octanol–water partition coefficient (Wildman–Crippen LogP) is 3.01. The Hall–Kier alpha value is -2.41. The largest absolute Gasteiger partial charge is 0.371 e. The van der Waals surface area contributed by atoms with E-state index < -0.39 is 36.7 Å². The maximum Gasteiger partial charge on any atom is 0.173 e. The Kier molecular flexibility index (Phi) is 12.9. The molecule has 1 heterocycles. The van der Waals surface area contributed by atoms with Crippen LogP contribution in [-0.4, -0.2) is 61.5 Å². The lowest BCUT2D eigenvalue weighted by Crippen LogP contribution is -2.65. The highest BCUT2D eigenvalue weighted by molar-refractivity contribution is 5.85. The van der Waals surface area contributed by atoms with Crippen molar-refractivity contribution in [3.05, 3.63) is 108 Å². The van der Waals surface area contributed by atoms with Crippen molar-refractivity contribution < 1.29 is 23.7 Å². The topological polar surface area (TPSA) is 150 Å². The molecule has 3 aromatic rings. The molecule has 0 spiro atoms. The SMILES string of the molecule is Cl.NC[C@H]1O[C@H](O[C@H]2[C@H](OCc3ccccc3)[C@@H](OCc3ccccc3)[C@H](N)C[C@@H]2N)[C@H](N)C[C@@H]1OCc1ccccc1. The van der Waals surface area contributed by atoms with E-state index in [1.54, 1.807) is 0 Å². The van der Waals surface area contributed by atoms with Gasteiger partial charge >= 0.3 is 0 Å². The number of benzene rings is 3. The first kappa shape index (κ1) is 33.5. The van der Waals surface area contributed by atoms with Gasteiger partial charge in [0.15, 0.2) is 6.29 Å². The molecule has 2 aliphatic rings. The summed E-state index contributed by atoms with van der Waals surface area (Å²) >= 11 is 0. The molecule has 0 amide bonds. The van der Waals surface area contributed by atoms with E-state index in [-0.39, 0.29) is 37.2 Å². The second-order valence-electron chi connectivity index (χ2n) is 11.2. The standard InChI is InChI=1S/C33H44N4O5.ClH/c34-18-29-28(38-19-22-10-4-1-5-11-22)17-27(37)33(41-29)42-31-26(36)16-25(35)30(39-20-23-12-6-2-7-13-23)32(31)40-21-24-14-8-3-9-15-24;/h1-15,25-33H,16-21,34-37H2;1H/t25-,26+,27-,28+,29-,30+,31-,32-,33-;/m1./s1. The van der Waals surface area contributed by atoms with Gasteiger partial charge in [-0.2, -0.15) is 0 Å². The van der Waals surface area contributed by atoms with E-state index in [1.807, 2.05) is 91.0 Å². The highest BCUT2D eigenvalue weighted by atomic mass is 35.5. The third kappa shape index (κ3) is 9.06. The number of hydrogen-bond acceptors (Lipinski definition) is 9. The molecule has 0 aromatic heterocycles. The highest BCUT2D eigenvalue weighted by Crippen LogP contribution is 2.31. The number of nitrogens with two attached hydrogens (primary N) is 4. The van der Waals surface area contributed by atoms with Gasteiger partial charge in [0, 0.05) is 18.6 Å². The van der Waals surface area contributed by atoms with Gasteiger partial charge in [-0.1, -0.05) is 91.0 Å². The van der Waals surface area contributed by atoms with Crippen LogP contribution in [0.4, 0.5) is 0 Å². The minimum absolute atomic E-state index is 0. The fourth-order valence-electron chi connectivity index (χ4n) is 5.72. The van der Waals surface area contributed by atoms with Gasteiger partial charge in [-0.05, 0) is 29.5 Å². The predicted molar refractivity (Wildman–Crippen MR) is 168 cm³/mol. The molecule has 1 saturated heterocycles. The maximum atomic E-state index is 6.68. The summed E-state index contributed by atoms with van der Waals surface area (Å²) < 4.78 is 32.0. The zero-order valence-electron chi connectivity index (χ0n) is 24.4. The maximum absolute atomic E-state index is 6.68. The van der Waals surface area contributed by atoms with Gasteiger partial charge in [0.1, 0.15) is 18.3 Å². The van der Waals surface area contributed by atoms with Crippen molar-refractivity contribution in [2.24, 2.45) is 22.9 Å². The first-order valence-corrected chi connectivity index (χ1v) is 14.8. The fraction of sp³-hybridized carbons (Fsp3) is 0.455. The second-order valence-corrected chi connectivity index (χ2v) is 11.2. The van der Waals surface area contributed by atoms with E-state index in [4.69, 9.17) is 46.6 Å². The lowest BCUT2D eigenvalue weighted by atomic mass is 9.84. The van der Waals surface area contributed by atoms with Gasteiger partial charge in [0.05, 0.1) is 38.1 Å². The normalized spacial score (nSPS) is 30.8. The van der Waals surface area contributed by atoms with E-state index in [1.165, 1.54) is 0 Å². The smallest absolute Gasteiger partial charge is 0.173 e. The van der Waals surface area contributed by atoms with E-state index in [9.17, 15) is 0 Å². The number of hydrogen-bond donors (Lipinski definition) is 4. The highest BCUT2D eigenvalue weighted by Gasteiger charge is 2.48. The molecule has 2 fully saturated rings. The van der Waals surface area contributed by atoms with Crippen LogP contribution in [0.15, 0.2) is 91.0 Å². The van der Waals surface area contributed by atoms with Crippen molar-refractivity contribution in [1.82, 2.24) is 0 Å². The van der Waals surface area contributed by atoms with Crippen LogP contribution < -0.4 is 22.9 Å². The zero-order chi connectivity index (χ0) is 29.3. The summed E-state index contributed by atoms with van der Waals surface area (Å²) in [7, 11) is 0. The van der Waals surface area contributed by atoms with Crippen LogP contribution in [0.2, 0.25) is 0 Å². The Bertz CT molecular complexity index is 1200. The van der Waals surface area contributed by atoms with Gasteiger partial charge in [0.25, 0.3) is 0 Å². The molecule has 0 bridgehead atoms. The van der Waals surface area contributed by atoms with E-state index >= 15 is 0 Å². The van der Waals surface area contributed by atoms with E-state index in [2.05, 4.69) is 0 Å². The number of halogens is 1. The van der Waals surface area contributed by atoms with Crippen molar-refractivity contribution >= 4 is 12.4 Å². The van der Waals surface area contributed by atoms with Crippen LogP contribution in [0.25, 0.3) is 0 Å². The molecule has 3 aromatic carbocycles. The number of rotatable bonds is 12. The van der Waals surface area contributed by atoms with E-state index in [0.29, 0.717) is 32.7 Å². The summed E-state index contributed by atoms with van der Waals surface area (Å²) in [5.41, 5.74) is 29.2. The lowest BCUT2D eigenvalue weighted by Gasteiger charge is -2.47. The molecule has 43 heavy (non-hydrogen) atoms. The van der Waals surface area contributed by atoms with Crippen LogP contribution in [0.1, 0.15) is 29.5 Å². The Balaban J connectivity index is 0.00000423. The molecule has 8 N–H and O–H groups in total. The molecule has 1 aliphatic heterocycles. The molecule has 9 atom stereocenters. The monoisotopic (exact) mass is 612 g/mol. The molecule has 9 nitrogen and oxygen atoms in total. The molecular weight excluding hydrogens is 568 g/mol. The summed E-state index contributed by atoms with van der Waals surface area (Å²) in [5.74, 6) is 0. The van der Waals surface area contributed by atoms with Gasteiger partial charge in [-0.3, -0.25) is 0 Å². The first-order valence-electron chi connectivity index (χ1n) is 14.8. The van der Waals surface area contributed by atoms with Crippen LogP contribution in [0, 0.1) is 0 Å². The molecule has 0 unspecified atom stereocenters. The van der Waals surface area contributed by atoms with Gasteiger partial charge in [-0.25, -0.2) is 0 Å². The first-order chi connectivity index (χ1) is 20.5. The average Bonchev–Trinajstić information content (AvgIpc) is 3.02. The van der Waals surface area contributed by atoms with Crippen molar-refractivity contribution in [1.29, 1.82) is 0 Å². The quantitative estimate of drug-likeness (QED) is 0.242. The zero-order valence-corrected chi connectivity index (χ0v) is 25.2. The van der Waals surface area contributed by atoms with Gasteiger partial charge < -0.3 is 46.6 Å². The molecule has 234 valence electrons. The third-order valence-electron chi connectivity index (χ3n) is 8.01. The van der Waals surface area contributed by atoms with Crippen LogP contribution in [0.5, 0.6) is 0 Å². The Morgan fingerprint density at radius 1 is 0.581 bits per heavy atom. The van der Waals surface area contributed by atoms with Crippen molar-refractivity contribution in [3.63, 3.8) is 0 Å². The minimum Gasteiger partial charge on any atom is -0.371 e. The molecular formula is C33H45ClN4O5. The Morgan fingerprint density at radius 3 is 1.56 bits per heavy atom. The molecule has 0 radical (unpaired) electrons. The van der Waals surface area contributed by atoms with Gasteiger partial charge in [0.2, 0.25) is 0 Å². The summed E-state index contributed by atoms with van der Waals surface area (Å²) in [4.78, 5) is 0. The summed E-state index contributed by atoms with van der Waals surface area (Å²) in [6.45, 7) is 1.46. The van der Waals surface area contributed by atoms with Gasteiger partial charge in [-0.15, -0.1) is 12.4 Å². The molecule has 1 saturated carbocycles. The fourth-order valence-corrected chi connectivity index (χ4v) is 5.72. The van der Waals surface area contributed by atoms with Crippen LogP contribution in [-0.2, 0) is 43.5 Å². The Labute approximate surface area is 260 Å². The summed E-state index contributed by atoms with van der Waals surface area (Å²) in [5, 5.41) is 0. The molecule has 5 rings (SSSR count). The lowest BCUT2D eigenvalue weighted by molar-refractivity contribution is -0.281. The molecule has 10 heteroatoms. The third-order valence-corrected chi connectivity index (χ3v) is 8.01. The van der Waals surface area contributed by atoms with E-state index in [0.717, 1.165) is 16.7 Å². The number of ether oxygens (including phenoxy) is 5. The average molecular weight is 613 g/mol. The second kappa shape index (κ2) is 16.6. The van der Waals surface area contributed by atoms with Crippen LogP contribution >= 0.6 is 12.4 Å². The van der Waals surface area contributed by atoms with Crippen molar-refractivity contribution in [3.8, 4) is 0 Å². The van der Waals surface area contributed by atoms with Crippen molar-refractivity contribution in [2.75, 3.05) is 6.54 Å². The van der Waals surface area contributed by atoms with Crippen LogP contribution in [0.3, 0.4) is 0 Å². The summed E-state index contributed by atoms with van der Waals surface area (Å²) in [6, 6.07) is 28.7. The minimum atomic E-state index is -0.738.